The summed E-state index contributed by atoms with van der Waals surface area (Å²) < 4.78 is 0. The fraction of sp³-hybridized carbons (Fsp3) is 0.118. The Morgan fingerprint density at radius 1 is 0.957 bits per heavy atom. The van der Waals surface area contributed by atoms with Gasteiger partial charge < -0.3 is 15.5 Å². The van der Waals surface area contributed by atoms with Crippen LogP contribution in [0.25, 0.3) is 0 Å². The molecular formula is C17H16N4O2. The van der Waals surface area contributed by atoms with Gasteiger partial charge in [0.05, 0.1) is 11.6 Å². The number of benzene rings is 2. The third kappa shape index (κ3) is 4.32. The Morgan fingerprint density at radius 2 is 1.57 bits per heavy atom. The molecule has 0 saturated heterocycles. The van der Waals surface area contributed by atoms with Crippen LogP contribution in [0, 0.1) is 11.3 Å². The Balaban J connectivity index is 1.99. The van der Waals surface area contributed by atoms with Crippen LogP contribution in [0.15, 0.2) is 48.5 Å². The second-order valence-electron chi connectivity index (χ2n) is 5.04. The van der Waals surface area contributed by atoms with Crippen molar-refractivity contribution in [1.82, 2.24) is 0 Å². The summed E-state index contributed by atoms with van der Waals surface area (Å²) in [5.41, 5.74) is 2.32. The molecule has 0 atom stereocenters. The Kier molecular flexibility index (Phi) is 4.95. The molecule has 0 aliphatic rings. The lowest BCUT2D eigenvalue weighted by molar-refractivity contribution is -0.132. The van der Waals surface area contributed by atoms with Crippen LogP contribution in [-0.4, -0.2) is 25.9 Å². The lowest BCUT2D eigenvalue weighted by atomic mass is 10.2. The zero-order valence-corrected chi connectivity index (χ0v) is 12.8. The molecule has 0 bridgehead atoms. The second-order valence-corrected chi connectivity index (χ2v) is 5.04. The van der Waals surface area contributed by atoms with E-state index in [1.807, 2.05) is 37.2 Å². The van der Waals surface area contributed by atoms with Crippen LogP contribution >= 0.6 is 0 Å². The van der Waals surface area contributed by atoms with E-state index in [9.17, 15) is 9.59 Å². The highest BCUT2D eigenvalue weighted by molar-refractivity contribution is 6.43. The summed E-state index contributed by atoms with van der Waals surface area (Å²) in [7, 11) is 3.83. The highest BCUT2D eigenvalue weighted by Crippen LogP contribution is 2.16. The van der Waals surface area contributed by atoms with Crippen molar-refractivity contribution in [2.24, 2.45) is 0 Å². The van der Waals surface area contributed by atoms with Crippen molar-refractivity contribution in [1.29, 1.82) is 5.26 Å². The molecule has 0 aliphatic heterocycles. The third-order valence-electron chi connectivity index (χ3n) is 3.10. The maximum Gasteiger partial charge on any atom is 0.314 e. The number of carbonyl (C=O) groups excluding carboxylic acids is 2. The van der Waals surface area contributed by atoms with E-state index in [0.29, 0.717) is 16.9 Å². The van der Waals surface area contributed by atoms with E-state index in [0.717, 1.165) is 5.69 Å². The lowest BCUT2D eigenvalue weighted by Crippen LogP contribution is -2.29. The molecule has 6 nitrogen and oxygen atoms in total. The Bertz CT molecular complexity index is 761. The fourth-order valence-electron chi connectivity index (χ4n) is 1.89. The monoisotopic (exact) mass is 308 g/mol. The van der Waals surface area contributed by atoms with Crippen molar-refractivity contribution in [2.75, 3.05) is 29.6 Å². The standard InChI is InChI=1S/C17H16N4O2/c1-21(2)15-8-6-13(7-9-15)19-16(22)17(23)20-14-5-3-4-12(10-14)11-18/h3-10H,1-2H3,(H,19,22)(H,20,23). The number of nitrogens with one attached hydrogen (secondary N) is 2. The quantitative estimate of drug-likeness (QED) is 0.851. The van der Waals surface area contributed by atoms with Gasteiger partial charge in [-0.1, -0.05) is 6.07 Å². The number of nitriles is 1. The average molecular weight is 308 g/mol. The minimum atomic E-state index is -0.795. The summed E-state index contributed by atoms with van der Waals surface area (Å²) in [6.45, 7) is 0. The van der Waals surface area contributed by atoms with Crippen molar-refractivity contribution < 1.29 is 9.59 Å². The molecule has 2 aromatic rings. The first-order valence-corrected chi connectivity index (χ1v) is 6.89. The van der Waals surface area contributed by atoms with Gasteiger partial charge in [0.1, 0.15) is 0 Å². The summed E-state index contributed by atoms with van der Waals surface area (Å²) in [6, 6.07) is 15.4. The van der Waals surface area contributed by atoms with E-state index >= 15 is 0 Å². The molecular weight excluding hydrogens is 292 g/mol. The topological polar surface area (TPSA) is 85.2 Å². The number of hydrogen-bond donors (Lipinski definition) is 2. The average Bonchev–Trinajstić information content (AvgIpc) is 2.55. The van der Waals surface area contributed by atoms with Gasteiger partial charge in [-0.2, -0.15) is 5.26 Å². The predicted octanol–water partition coefficient (Wildman–Crippen LogP) is 2.20. The van der Waals surface area contributed by atoms with Crippen LogP contribution in [0.3, 0.4) is 0 Å². The van der Waals surface area contributed by atoms with Gasteiger partial charge in [-0.05, 0) is 42.5 Å². The van der Waals surface area contributed by atoms with Gasteiger partial charge >= 0.3 is 11.8 Å². The highest BCUT2D eigenvalue weighted by atomic mass is 16.2. The smallest absolute Gasteiger partial charge is 0.314 e. The number of hydrogen-bond acceptors (Lipinski definition) is 4. The Labute approximate surface area is 134 Å². The van der Waals surface area contributed by atoms with E-state index in [2.05, 4.69) is 10.6 Å². The van der Waals surface area contributed by atoms with Crippen LogP contribution in [0.4, 0.5) is 17.1 Å². The summed E-state index contributed by atoms with van der Waals surface area (Å²) in [5, 5.41) is 13.8. The molecule has 0 saturated carbocycles. The number of rotatable bonds is 3. The molecule has 0 fully saturated rings. The first kappa shape index (κ1) is 16.0. The molecule has 116 valence electrons. The summed E-state index contributed by atoms with van der Waals surface area (Å²) >= 11 is 0. The molecule has 2 amide bonds. The highest BCUT2D eigenvalue weighted by Gasteiger charge is 2.14. The minimum Gasteiger partial charge on any atom is -0.378 e. The van der Waals surface area contributed by atoms with E-state index in [4.69, 9.17) is 5.26 Å². The van der Waals surface area contributed by atoms with Gasteiger partial charge in [0.25, 0.3) is 0 Å². The minimum absolute atomic E-state index is 0.396. The molecule has 6 heteroatoms. The molecule has 0 aromatic heterocycles. The van der Waals surface area contributed by atoms with Gasteiger partial charge in [0.2, 0.25) is 0 Å². The molecule has 0 unspecified atom stereocenters. The Hall–Kier alpha value is -3.33. The van der Waals surface area contributed by atoms with Gasteiger partial charge in [-0.25, -0.2) is 0 Å². The zero-order valence-electron chi connectivity index (χ0n) is 12.8. The summed E-state index contributed by atoms with van der Waals surface area (Å²) in [6.07, 6.45) is 0. The van der Waals surface area contributed by atoms with Gasteiger partial charge in [-0.15, -0.1) is 0 Å². The number of anilines is 3. The van der Waals surface area contributed by atoms with Gasteiger partial charge in [0.15, 0.2) is 0 Å². The van der Waals surface area contributed by atoms with Crippen molar-refractivity contribution in [3.8, 4) is 6.07 Å². The summed E-state index contributed by atoms with van der Waals surface area (Å²) in [5.74, 6) is -1.57. The van der Waals surface area contributed by atoms with Crippen LogP contribution < -0.4 is 15.5 Å². The number of nitrogens with zero attached hydrogens (tertiary/aromatic N) is 2. The predicted molar refractivity (Wildman–Crippen MR) is 89.2 cm³/mol. The van der Waals surface area contributed by atoms with Crippen molar-refractivity contribution >= 4 is 28.9 Å². The molecule has 23 heavy (non-hydrogen) atoms. The van der Waals surface area contributed by atoms with Crippen molar-refractivity contribution in [3.63, 3.8) is 0 Å². The fourth-order valence-corrected chi connectivity index (χ4v) is 1.89. The Morgan fingerprint density at radius 3 is 2.13 bits per heavy atom. The van der Waals surface area contributed by atoms with E-state index in [1.165, 1.54) is 6.07 Å². The van der Waals surface area contributed by atoms with E-state index < -0.39 is 11.8 Å². The molecule has 2 aromatic carbocycles. The number of carbonyl (C=O) groups is 2. The van der Waals surface area contributed by atoms with E-state index in [1.54, 1.807) is 30.3 Å². The van der Waals surface area contributed by atoms with Crippen molar-refractivity contribution in [3.05, 3.63) is 54.1 Å². The molecule has 2 rings (SSSR count). The zero-order chi connectivity index (χ0) is 16.8. The van der Waals surface area contributed by atoms with E-state index in [-0.39, 0.29) is 0 Å². The first-order chi connectivity index (χ1) is 11.0. The molecule has 0 heterocycles. The van der Waals surface area contributed by atoms with Crippen LogP contribution in [0.1, 0.15) is 5.56 Å². The normalized spacial score (nSPS) is 9.61. The molecule has 0 radical (unpaired) electrons. The van der Waals surface area contributed by atoms with Gasteiger partial charge in [-0.3, -0.25) is 9.59 Å². The number of amides is 2. The molecule has 0 spiro atoms. The maximum atomic E-state index is 11.9. The van der Waals surface area contributed by atoms with Crippen LogP contribution in [0.2, 0.25) is 0 Å². The second kappa shape index (κ2) is 7.09. The van der Waals surface area contributed by atoms with Crippen molar-refractivity contribution in [2.45, 2.75) is 0 Å². The first-order valence-electron chi connectivity index (χ1n) is 6.89. The molecule has 2 N–H and O–H groups in total. The largest absolute Gasteiger partial charge is 0.378 e. The summed E-state index contributed by atoms with van der Waals surface area (Å²) in [4.78, 5) is 25.7. The molecule has 0 aliphatic carbocycles. The third-order valence-corrected chi connectivity index (χ3v) is 3.10. The lowest BCUT2D eigenvalue weighted by Gasteiger charge is -2.13. The van der Waals surface area contributed by atoms with Crippen LogP contribution in [0.5, 0.6) is 0 Å². The SMILES string of the molecule is CN(C)c1ccc(NC(=O)C(=O)Nc2cccc(C#N)c2)cc1. The maximum absolute atomic E-state index is 11.9. The van der Waals surface area contributed by atoms with Crippen LogP contribution in [-0.2, 0) is 9.59 Å². The van der Waals surface area contributed by atoms with Gasteiger partial charge in [0, 0.05) is 31.2 Å².